The summed E-state index contributed by atoms with van der Waals surface area (Å²) in [5.74, 6) is 0. The minimum atomic E-state index is 0.0546. The van der Waals surface area contributed by atoms with Crippen LogP contribution < -0.4 is 10.6 Å². The monoisotopic (exact) mass is 288 g/mol. The van der Waals surface area contributed by atoms with Gasteiger partial charge in [-0.15, -0.1) is 0 Å². The Morgan fingerprint density at radius 1 is 1.05 bits per heavy atom. The lowest BCUT2D eigenvalue weighted by atomic mass is 9.58. The van der Waals surface area contributed by atoms with E-state index in [2.05, 4.69) is 70.8 Å². The molecule has 0 bridgehead atoms. The fourth-order valence-corrected chi connectivity index (χ4v) is 4.89. The van der Waals surface area contributed by atoms with Gasteiger partial charge in [0.05, 0.1) is 5.54 Å². The van der Waals surface area contributed by atoms with Crippen molar-refractivity contribution in [2.75, 3.05) is 18.5 Å². The maximum Gasteiger partial charge on any atom is 0.0531 e. The molecular weight excluding hydrogens is 256 g/mol. The van der Waals surface area contributed by atoms with Gasteiger partial charge in [-0.05, 0) is 54.7 Å². The van der Waals surface area contributed by atoms with Gasteiger partial charge >= 0.3 is 0 Å². The van der Waals surface area contributed by atoms with Gasteiger partial charge in [0.2, 0.25) is 0 Å². The zero-order valence-electron chi connectivity index (χ0n) is 14.7. The number of nitrogens with zero attached hydrogens (tertiary/aromatic N) is 1. The highest BCUT2D eigenvalue weighted by Crippen LogP contribution is 2.52. The van der Waals surface area contributed by atoms with E-state index in [1.807, 2.05) is 0 Å². The van der Waals surface area contributed by atoms with Crippen LogP contribution in [0.15, 0.2) is 24.3 Å². The summed E-state index contributed by atoms with van der Waals surface area (Å²) in [6.45, 7) is 12.4. The Morgan fingerprint density at radius 3 is 2.10 bits per heavy atom. The van der Waals surface area contributed by atoms with Crippen molar-refractivity contribution < 1.29 is 0 Å². The van der Waals surface area contributed by atoms with Crippen molar-refractivity contribution in [2.45, 2.75) is 59.4 Å². The van der Waals surface area contributed by atoms with Crippen molar-refractivity contribution in [3.05, 3.63) is 29.8 Å². The molecule has 0 atom stereocenters. The molecule has 2 heteroatoms. The maximum absolute atomic E-state index is 6.32. The summed E-state index contributed by atoms with van der Waals surface area (Å²) in [7, 11) is 2.22. The standard InChI is InChI=1S/C19H32N2/c1-15-8-7-9-16(10-15)21(6)19(14-20)12-17(2,3)11-18(4,5)13-19/h7-10H,11-14,20H2,1-6H3. The molecule has 1 aromatic rings. The molecule has 2 rings (SSSR count). The summed E-state index contributed by atoms with van der Waals surface area (Å²) in [6.07, 6.45) is 3.58. The van der Waals surface area contributed by atoms with Gasteiger partial charge in [0.1, 0.15) is 0 Å². The number of hydrogen-bond acceptors (Lipinski definition) is 2. The molecule has 1 saturated carbocycles. The van der Waals surface area contributed by atoms with E-state index in [0.717, 1.165) is 12.8 Å². The molecule has 1 aliphatic carbocycles. The topological polar surface area (TPSA) is 29.3 Å². The smallest absolute Gasteiger partial charge is 0.0531 e. The lowest BCUT2D eigenvalue weighted by molar-refractivity contribution is 0.0500. The highest BCUT2D eigenvalue weighted by molar-refractivity contribution is 5.50. The lowest BCUT2D eigenvalue weighted by Gasteiger charge is -2.56. The van der Waals surface area contributed by atoms with E-state index in [9.17, 15) is 0 Å². The molecule has 0 heterocycles. The van der Waals surface area contributed by atoms with E-state index in [4.69, 9.17) is 5.73 Å². The Bertz CT molecular complexity index is 486. The first kappa shape index (κ1) is 16.4. The van der Waals surface area contributed by atoms with Crippen molar-refractivity contribution in [2.24, 2.45) is 16.6 Å². The largest absolute Gasteiger partial charge is 0.368 e. The van der Waals surface area contributed by atoms with Crippen molar-refractivity contribution in [3.8, 4) is 0 Å². The Hall–Kier alpha value is -1.02. The Kier molecular flexibility index (Phi) is 4.14. The van der Waals surface area contributed by atoms with E-state index >= 15 is 0 Å². The van der Waals surface area contributed by atoms with Crippen LogP contribution in [0.3, 0.4) is 0 Å². The van der Waals surface area contributed by atoms with Gasteiger partial charge in [-0.1, -0.05) is 39.8 Å². The summed E-state index contributed by atoms with van der Waals surface area (Å²) >= 11 is 0. The molecule has 1 aliphatic rings. The minimum Gasteiger partial charge on any atom is -0.368 e. The molecule has 0 saturated heterocycles. The summed E-state index contributed by atoms with van der Waals surface area (Å²) < 4.78 is 0. The summed E-state index contributed by atoms with van der Waals surface area (Å²) in [6, 6.07) is 8.77. The molecule has 118 valence electrons. The predicted octanol–water partition coefficient (Wildman–Crippen LogP) is 4.37. The second-order valence-corrected chi connectivity index (χ2v) is 8.69. The van der Waals surface area contributed by atoms with Crippen LogP contribution in [-0.2, 0) is 0 Å². The third-order valence-corrected chi connectivity index (χ3v) is 5.05. The summed E-state index contributed by atoms with van der Waals surface area (Å²) in [5.41, 5.74) is 9.63. The highest BCUT2D eigenvalue weighted by atomic mass is 15.2. The molecule has 0 unspecified atom stereocenters. The quantitative estimate of drug-likeness (QED) is 0.895. The van der Waals surface area contributed by atoms with Crippen LogP contribution >= 0.6 is 0 Å². The van der Waals surface area contributed by atoms with Crippen LogP contribution in [0.25, 0.3) is 0 Å². The molecule has 0 aliphatic heterocycles. The van der Waals surface area contributed by atoms with E-state index in [1.54, 1.807) is 0 Å². The third kappa shape index (κ3) is 3.42. The molecule has 0 aromatic heterocycles. The van der Waals surface area contributed by atoms with Crippen LogP contribution in [0.2, 0.25) is 0 Å². The number of aryl methyl sites for hydroxylation is 1. The first-order valence-corrected chi connectivity index (χ1v) is 8.10. The van der Waals surface area contributed by atoms with Gasteiger partial charge in [-0.25, -0.2) is 0 Å². The van der Waals surface area contributed by atoms with E-state index in [1.165, 1.54) is 17.7 Å². The predicted molar refractivity (Wildman–Crippen MR) is 92.8 cm³/mol. The fraction of sp³-hybridized carbons (Fsp3) is 0.684. The van der Waals surface area contributed by atoms with Gasteiger partial charge in [-0.3, -0.25) is 0 Å². The Morgan fingerprint density at radius 2 is 1.62 bits per heavy atom. The van der Waals surface area contributed by atoms with Crippen molar-refractivity contribution >= 4 is 5.69 Å². The Labute approximate surface area is 130 Å². The number of hydrogen-bond donors (Lipinski definition) is 1. The maximum atomic E-state index is 6.32. The van der Waals surface area contributed by atoms with Crippen LogP contribution in [0.5, 0.6) is 0 Å². The second-order valence-electron chi connectivity index (χ2n) is 8.69. The van der Waals surface area contributed by atoms with Crippen LogP contribution in [0.4, 0.5) is 5.69 Å². The van der Waals surface area contributed by atoms with E-state index < -0.39 is 0 Å². The van der Waals surface area contributed by atoms with E-state index in [-0.39, 0.29) is 5.54 Å². The highest BCUT2D eigenvalue weighted by Gasteiger charge is 2.48. The summed E-state index contributed by atoms with van der Waals surface area (Å²) in [5, 5.41) is 0. The van der Waals surface area contributed by atoms with Crippen molar-refractivity contribution in [3.63, 3.8) is 0 Å². The molecule has 0 spiro atoms. The second kappa shape index (κ2) is 5.31. The zero-order chi connectivity index (χ0) is 15.9. The molecule has 0 radical (unpaired) electrons. The van der Waals surface area contributed by atoms with Gasteiger partial charge in [-0.2, -0.15) is 0 Å². The molecule has 2 nitrogen and oxygen atoms in total. The summed E-state index contributed by atoms with van der Waals surface area (Å²) in [4.78, 5) is 2.45. The average Bonchev–Trinajstić information content (AvgIpc) is 2.34. The molecule has 2 N–H and O–H groups in total. The average molecular weight is 288 g/mol. The van der Waals surface area contributed by atoms with E-state index in [0.29, 0.717) is 17.4 Å². The fourth-order valence-electron chi connectivity index (χ4n) is 4.89. The molecular formula is C19H32N2. The first-order chi connectivity index (χ1) is 9.59. The normalized spacial score (nSPS) is 22.8. The van der Waals surface area contributed by atoms with Gasteiger partial charge < -0.3 is 10.6 Å². The molecule has 21 heavy (non-hydrogen) atoms. The van der Waals surface area contributed by atoms with Crippen molar-refractivity contribution in [1.29, 1.82) is 0 Å². The number of nitrogens with two attached hydrogens (primary N) is 1. The number of likely N-dealkylation sites (N-methyl/N-ethyl adjacent to an activating group) is 1. The zero-order valence-corrected chi connectivity index (χ0v) is 14.7. The van der Waals surface area contributed by atoms with Crippen LogP contribution in [-0.4, -0.2) is 19.1 Å². The Balaban J connectivity index is 2.40. The number of rotatable bonds is 3. The van der Waals surface area contributed by atoms with Crippen LogP contribution in [0.1, 0.15) is 52.5 Å². The number of benzene rings is 1. The molecule has 1 aromatic carbocycles. The van der Waals surface area contributed by atoms with Gasteiger partial charge in [0.15, 0.2) is 0 Å². The first-order valence-electron chi connectivity index (χ1n) is 8.10. The molecule has 1 fully saturated rings. The van der Waals surface area contributed by atoms with Gasteiger partial charge in [0.25, 0.3) is 0 Å². The number of anilines is 1. The SMILES string of the molecule is Cc1cccc(N(C)C2(CN)CC(C)(C)CC(C)(C)C2)c1. The lowest BCUT2D eigenvalue weighted by Crippen LogP contribution is -2.60. The minimum absolute atomic E-state index is 0.0546. The third-order valence-electron chi connectivity index (χ3n) is 5.05. The van der Waals surface area contributed by atoms with Crippen molar-refractivity contribution in [1.82, 2.24) is 0 Å². The van der Waals surface area contributed by atoms with Gasteiger partial charge in [0, 0.05) is 19.3 Å². The van der Waals surface area contributed by atoms with Crippen LogP contribution in [0, 0.1) is 17.8 Å². The molecule has 0 amide bonds.